The lowest BCUT2D eigenvalue weighted by molar-refractivity contribution is -0.124. The molecule has 1 aliphatic heterocycles. The molecule has 1 amide bonds. The van der Waals surface area contributed by atoms with Crippen molar-refractivity contribution in [1.29, 1.82) is 0 Å². The number of hydrogen-bond acceptors (Lipinski definition) is 3. The van der Waals surface area contributed by atoms with Crippen molar-refractivity contribution in [2.75, 3.05) is 13.1 Å². The summed E-state index contributed by atoms with van der Waals surface area (Å²) in [6.07, 6.45) is 8.23. The lowest BCUT2D eigenvalue weighted by Gasteiger charge is -2.41. The Bertz CT molecular complexity index is 591. The van der Waals surface area contributed by atoms with Crippen LogP contribution in [0.2, 0.25) is 0 Å². The van der Waals surface area contributed by atoms with E-state index in [2.05, 4.69) is 22.3 Å². The van der Waals surface area contributed by atoms with E-state index in [1.807, 2.05) is 18.2 Å². The van der Waals surface area contributed by atoms with E-state index in [1.165, 1.54) is 6.42 Å². The van der Waals surface area contributed by atoms with Crippen molar-refractivity contribution >= 4 is 5.91 Å². The van der Waals surface area contributed by atoms with Gasteiger partial charge in [-0.25, -0.2) is 0 Å². The summed E-state index contributed by atoms with van der Waals surface area (Å²) < 4.78 is 0. The van der Waals surface area contributed by atoms with Gasteiger partial charge in [-0.15, -0.1) is 0 Å². The highest BCUT2D eigenvalue weighted by atomic mass is 16.3. The normalized spacial score (nSPS) is 30.0. The van der Waals surface area contributed by atoms with Crippen LogP contribution < -0.4 is 5.32 Å². The topological polar surface area (TPSA) is 52.6 Å². The molecule has 1 saturated heterocycles. The highest BCUT2D eigenvalue weighted by Gasteiger charge is 2.51. The third-order valence-corrected chi connectivity index (χ3v) is 6.54. The number of likely N-dealkylation sites (tertiary alicyclic amines) is 1. The van der Waals surface area contributed by atoms with E-state index in [9.17, 15) is 9.90 Å². The van der Waals surface area contributed by atoms with Crippen LogP contribution in [0.15, 0.2) is 30.3 Å². The van der Waals surface area contributed by atoms with E-state index in [0.717, 1.165) is 63.6 Å². The first-order chi connectivity index (χ1) is 12.2. The molecule has 1 aromatic rings. The number of nitrogens with one attached hydrogen (secondary N) is 1. The van der Waals surface area contributed by atoms with Crippen LogP contribution in [-0.2, 0) is 10.2 Å². The van der Waals surface area contributed by atoms with Crippen molar-refractivity contribution in [3.63, 3.8) is 0 Å². The lowest BCUT2D eigenvalue weighted by Crippen LogP contribution is -2.53. The monoisotopic (exact) mass is 342 g/mol. The molecule has 2 unspecified atom stereocenters. The molecular formula is C21H30N2O2. The Labute approximate surface area is 150 Å². The molecule has 0 aromatic heterocycles. The molecule has 3 fully saturated rings. The number of nitrogens with zero attached hydrogens (tertiary/aromatic N) is 1. The lowest BCUT2D eigenvalue weighted by atomic mass is 9.89. The van der Waals surface area contributed by atoms with Gasteiger partial charge in [-0.1, -0.05) is 43.2 Å². The van der Waals surface area contributed by atoms with Crippen LogP contribution >= 0.6 is 0 Å². The molecule has 136 valence electrons. The number of carbonyl (C=O) groups excluding carboxylic acids is 1. The molecule has 4 heteroatoms. The Kier molecular flexibility index (Phi) is 4.83. The molecule has 2 atom stereocenters. The minimum Gasteiger partial charge on any atom is -0.391 e. The number of benzene rings is 1. The van der Waals surface area contributed by atoms with Gasteiger partial charge in [0.05, 0.1) is 11.5 Å². The number of aliphatic hydroxyl groups is 1. The predicted octanol–water partition coefficient (Wildman–Crippen LogP) is 2.60. The standard InChI is InChI=1S/C21H30N2O2/c24-19-9-5-4-8-18(19)23-14-10-17(11-15-23)22-20(25)21(12-13-21)16-6-2-1-3-7-16/h1-3,6-7,17-19,24H,4-5,8-15H2,(H,22,25). The van der Waals surface area contributed by atoms with Crippen molar-refractivity contribution in [2.45, 2.75) is 75.0 Å². The van der Waals surface area contributed by atoms with Crippen molar-refractivity contribution in [1.82, 2.24) is 10.2 Å². The fourth-order valence-corrected chi connectivity index (χ4v) is 4.75. The summed E-state index contributed by atoms with van der Waals surface area (Å²) in [6, 6.07) is 10.8. The molecular weight excluding hydrogens is 312 g/mol. The van der Waals surface area contributed by atoms with E-state index in [1.54, 1.807) is 0 Å². The van der Waals surface area contributed by atoms with Crippen LogP contribution in [-0.4, -0.2) is 47.2 Å². The first-order valence-electron chi connectivity index (χ1n) is 9.98. The Hall–Kier alpha value is -1.39. The van der Waals surface area contributed by atoms with E-state index in [4.69, 9.17) is 0 Å². The van der Waals surface area contributed by atoms with Gasteiger partial charge in [0.2, 0.25) is 5.91 Å². The Morgan fingerprint density at radius 1 is 1.04 bits per heavy atom. The first-order valence-corrected chi connectivity index (χ1v) is 9.98. The van der Waals surface area contributed by atoms with E-state index < -0.39 is 0 Å². The number of aliphatic hydroxyl groups excluding tert-OH is 1. The second-order valence-corrected chi connectivity index (χ2v) is 8.15. The van der Waals surface area contributed by atoms with Gasteiger partial charge in [-0.2, -0.15) is 0 Å². The quantitative estimate of drug-likeness (QED) is 0.884. The van der Waals surface area contributed by atoms with Crippen LogP contribution in [0.5, 0.6) is 0 Å². The number of amides is 1. The van der Waals surface area contributed by atoms with Crippen LogP contribution in [0.1, 0.15) is 56.9 Å². The molecule has 4 rings (SSSR count). The van der Waals surface area contributed by atoms with Crippen molar-refractivity contribution in [2.24, 2.45) is 0 Å². The number of carbonyl (C=O) groups is 1. The molecule has 2 aliphatic carbocycles. The van der Waals surface area contributed by atoms with Gasteiger partial charge in [0.25, 0.3) is 0 Å². The maximum atomic E-state index is 12.9. The van der Waals surface area contributed by atoms with Gasteiger partial charge in [-0.05, 0) is 44.1 Å². The van der Waals surface area contributed by atoms with Crippen molar-refractivity contribution in [3.05, 3.63) is 35.9 Å². The third-order valence-electron chi connectivity index (χ3n) is 6.54. The van der Waals surface area contributed by atoms with Gasteiger partial charge < -0.3 is 10.4 Å². The summed E-state index contributed by atoms with van der Waals surface area (Å²) in [5.41, 5.74) is 0.896. The Morgan fingerprint density at radius 2 is 1.72 bits per heavy atom. The molecule has 2 saturated carbocycles. The molecule has 0 bridgehead atoms. The van der Waals surface area contributed by atoms with Crippen LogP contribution in [0, 0.1) is 0 Å². The van der Waals surface area contributed by atoms with Crippen molar-refractivity contribution < 1.29 is 9.90 Å². The Morgan fingerprint density at radius 3 is 2.36 bits per heavy atom. The van der Waals surface area contributed by atoms with E-state index in [-0.39, 0.29) is 23.5 Å². The zero-order chi connectivity index (χ0) is 17.3. The molecule has 0 spiro atoms. The average Bonchev–Trinajstić information content (AvgIpc) is 3.46. The fraction of sp³-hybridized carbons (Fsp3) is 0.667. The summed E-state index contributed by atoms with van der Waals surface area (Å²) in [5, 5.41) is 13.6. The fourth-order valence-electron chi connectivity index (χ4n) is 4.75. The molecule has 1 aromatic carbocycles. The largest absolute Gasteiger partial charge is 0.391 e. The Balaban J connectivity index is 1.31. The maximum Gasteiger partial charge on any atom is 0.230 e. The van der Waals surface area contributed by atoms with Gasteiger partial charge in [0.1, 0.15) is 0 Å². The minimum atomic E-state index is -0.266. The summed E-state index contributed by atoms with van der Waals surface area (Å²) in [7, 11) is 0. The van der Waals surface area contributed by atoms with E-state index >= 15 is 0 Å². The predicted molar refractivity (Wildman–Crippen MR) is 98.4 cm³/mol. The molecule has 3 aliphatic rings. The zero-order valence-corrected chi connectivity index (χ0v) is 15.0. The second kappa shape index (κ2) is 7.08. The van der Waals surface area contributed by atoms with Gasteiger partial charge in [0, 0.05) is 25.2 Å². The highest BCUT2D eigenvalue weighted by molar-refractivity contribution is 5.91. The smallest absolute Gasteiger partial charge is 0.230 e. The molecule has 25 heavy (non-hydrogen) atoms. The minimum absolute atomic E-state index is 0.160. The molecule has 1 heterocycles. The second-order valence-electron chi connectivity index (χ2n) is 8.15. The zero-order valence-electron chi connectivity index (χ0n) is 15.0. The van der Waals surface area contributed by atoms with Crippen LogP contribution in [0.4, 0.5) is 0 Å². The average molecular weight is 342 g/mol. The van der Waals surface area contributed by atoms with E-state index in [0.29, 0.717) is 6.04 Å². The molecule has 4 nitrogen and oxygen atoms in total. The summed E-state index contributed by atoms with van der Waals surface area (Å²) in [4.78, 5) is 15.3. The molecule has 2 N–H and O–H groups in total. The highest BCUT2D eigenvalue weighted by Crippen LogP contribution is 2.48. The maximum absolute atomic E-state index is 12.9. The van der Waals surface area contributed by atoms with Gasteiger partial charge in [-0.3, -0.25) is 9.69 Å². The number of piperidine rings is 1. The van der Waals surface area contributed by atoms with Crippen LogP contribution in [0.3, 0.4) is 0 Å². The number of rotatable bonds is 4. The summed E-state index contributed by atoms with van der Waals surface area (Å²) in [6.45, 7) is 1.98. The van der Waals surface area contributed by atoms with Crippen LogP contribution in [0.25, 0.3) is 0 Å². The first kappa shape index (κ1) is 17.0. The number of hydrogen-bond donors (Lipinski definition) is 2. The van der Waals surface area contributed by atoms with Gasteiger partial charge >= 0.3 is 0 Å². The summed E-state index contributed by atoms with van der Waals surface area (Å²) in [5.74, 6) is 0.217. The summed E-state index contributed by atoms with van der Waals surface area (Å²) >= 11 is 0. The SMILES string of the molecule is O=C(NC1CCN(C2CCCCC2O)CC1)C1(c2ccccc2)CC1. The van der Waals surface area contributed by atoms with Crippen molar-refractivity contribution in [3.8, 4) is 0 Å². The van der Waals surface area contributed by atoms with Gasteiger partial charge in [0.15, 0.2) is 0 Å². The molecule has 0 radical (unpaired) electrons. The third kappa shape index (κ3) is 3.47.